The van der Waals surface area contributed by atoms with Gasteiger partial charge >= 0.3 is 5.69 Å². The Morgan fingerprint density at radius 2 is 1.90 bits per heavy atom. The molecule has 0 unspecified atom stereocenters. The number of hydrogen-bond donors (Lipinski definition) is 2. The van der Waals surface area contributed by atoms with E-state index in [1.807, 2.05) is 4.98 Å². The molecule has 0 atom stereocenters. The lowest BCUT2D eigenvalue weighted by molar-refractivity contribution is 0.599. The Balaban J connectivity index is 3.04. The summed E-state index contributed by atoms with van der Waals surface area (Å²) in [7, 11) is -2.64. The maximum absolute atomic E-state index is 13.8. The molecule has 0 aliphatic carbocycles. The number of nitrogens with zero attached hydrogens (tertiary/aromatic N) is 2. The molecule has 0 amide bonds. The van der Waals surface area contributed by atoms with Gasteiger partial charge in [0.1, 0.15) is 5.39 Å². The van der Waals surface area contributed by atoms with Gasteiger partial charge in [0.05, 0.1) is 11.8 Å². The van der Waals surface area contributed by atoms with Crippen LogP contribution in [0.4, 0.5) is 10.2 Å². The number of aromatic amines is 2. The molecule has 0 aromatic carbocycles. The highest BCUT2D eigenvalue weighted by atomic mass is 35.5. The number of sulfonamides is 1. The molecule has 8 nitrogen and oxygen atoms in total. The van der Waals surface area contributed by atoms with E-state index in [2.05, 4.69) is 9.97 Å². The minimum Gasteiger partial charge on any atom is -0.304 e. The summed E-state index contributed by atoms with van der Waals surface area (Å²) in [5.41, 5.74) is -2.43. The van der Waals surface area contributed by atoms with Crippen LogP contribution in [0.1, 0.15) is 0 Å². The molecule has 0 aliphatic heterocycles. The summed E-state index contributed by atoms with van der Waals surface area (Å²) in [5, 5.41) is -1.08. The van der Waals surface area contributed by atoms with Crippen molar-refractivity contribution in [1.29, 1.82) is 0 Å². The average Bonchev–Trinajstić information content (AvgIpc) is 2.31. The largest absolute Gasteiger partial charge is 0.326 e. The Bertz CT molecular complexity index is 920. The highest BCUT2D eigenvalue weighted by Gasteiger charge is 2.23. The third-order valence-electron chi connectivity index (χ3n) is 2.57. The summed E-state index contributed by atoms with van der Waals surface area (Å²) in [5.74, 6) is -1.50. The normalized spacial score (nSPS) is 11.8. The Kier molecular flexibility index (Phi) is 3.30. The second-order valence-corrected chi connectivity index (χ2v) is 6.30. The lowest BCUT2D eigenvalue weighted by Crippen LogP contribution is -2.30. The number of halogens is 2. The number of H-pyrrole nitrogens is 2. The van der Waals surface area contributed by atoms with Gasteiger partial charge in [0.25, 0.3) is 5.56 Å². The van der Waals surface area contributed by atoms with Gasteiger partial charge in [0.2, 0.25) is 10.0 Å². The smallest absolute Gasteiger partial charge is 0.304 e. The highest BCUT2D eigenvalue weighted by molar-refractivity contribution is 7.92. The first-order valence-electron chi connectivity index (χ1n) is 5.08. The quantitative estimate of drug-likeness (QED) is 0.743. The molecule has 2 rings (SSSR count). The fourth-order valence-corrected chi connectivity index (χ4v) is 2.17. The summed E-state index contributed by atoms with van der Waals surface area (Å²) >= 11 is 5.55. The number of hydrogen-bond acceptors (Lipinski definition) is 5. The third kappa shape index (κ3) is 2.27. The Morgan fingerprint density at radius 3 is 2.45 bits per heavy atom. The van der Waals surface area contributed by atoms with E-state index >= 15 is 0 Å². The minimum absolute atomic E-state index is 0.383. The van der Waals surface area contributed by atoms with E-state index in [-0.39, 0.29) is 5.82 Å². The van der Waals surface area contributed by atoms with E-state index in [1.54, 1.807) is 0 Å². The first-order chi connectivity index (χ1) is 9.12. The summed E-state index contributed by atoms with van der Waals surface area (Å²) < 4.78 is 37.5. The fraction of sp³-hybridized carbons (Fsp3) is 0.222. The van der Waals surface area contributed by atoms with Crippen LogP contribution in [0.2, 0.25) is 5.15 Å². The summed E-state index contributed by atoms with van der Waals surface area (Å²) in [4.78, 5) is 30.4. The van der Waals surface area contributed by atoms with Gasteiger partial charge in [-0.05, 0) is 0 Å². The lowest BCUT2D eigenvalue weighted by Gasteiger charge is -2.17. The molecule has 11 heteroatoms. The molecule has 0 radical (unpaired) electrons. The van der Waals surface area contributed by atoms with E-state index < -0.39 is 43.1 Å². The topological polar surface area (TPSA) is 116 Å². The van der Waals surface area contributed by atoms with Crippen LogP contribution in [0.15, 0.2) is 9.59 Å². The van der Waals surface area contributed by atoms with Crippen molar-refractivity contribution in [2.45, 2.75) is 0 Å². The van der Waals surface area contributed by atoms with E-state index in [4.69, 9.17) is 11.6 Å². The molecule has 0 saturated heterocycles. The van der Waals surface area contributed by atoms with E-state index in [1.165, 1.54) is 0 Å². The second kappa shape index (κ2) is 4.56. The zero-order valence-corrected chi connectivity index (χ0v) is 11.8. The molecule has 2 heterocycles. The zero-order valence-electron chi connectivity index (χ0n) is 10.2. The van der Waals surface area contributed by atoms with Crippen molar-refractivity contribution in [3.8, 4) is 0 Å². The Labute approximate surface area is 116 Å². The van der Waals surface area contributed by atoms with Gasteiger partial charge in [0.15, 0.2) is 16.8 Å². The molecule has 2 aromatic heterocycles. The van der Waals surface area contributed by atoms with Crippen molar-refractivity contribution >= 4 is 38.3 Å². The predicted molar refractivity (Wildman–Crippen MR) is 71.2 cm³/mol. The van der Waals surface area contributed by atoms with Crippen molar-refractivity contribution < 1.29 is 12.8 Å². The standard InChI is InChI=1S/C9H8ClFN4O4S/c1-15(20(2,18)19)7-3-5(4(11)6(10)13-7)12-9(17)14-8(3)16/h1-2H3,(H2,12,14,16,17). The van der Waals surface area contributed by atoms with Gasteiger partial charge in [-0.2, -0.15) is 0 Å². The van der Waals surface area contributed by atoms with Crippen LogP contribution in [-0.4, -0.2) is 36.7 Å². The number of pyridine rings is 1. The van der Waals surface area contributed by atoms with Gasteiger partial charge in [-0.25, -0.2) is 22.6 Å². The number of anilines is 1. The first kappa shape index (κ1) is 14.5. The van der Waals surface area contributed by atoms with Gasteiger partial charge in [-0.3, -0.25) is 14.1 Å². The second-order valence-electron chi connectivity index (χ2n) is 3.93. The van der Waals surface area contributed by atoms with Crippen molar-refractivity contribution in [3.05, 3.63) is 31.8 Å². The summed E-state index contributed by atoms with van der Waals surface area (Å²) in [6, 6.07) is 0. The third-order valence-corrected chi connectivity index (χ3v) is 3.98. The van der Waals surface area contributed by atoms with Gasteiger partial charge in [0, 0.05) is 7.05 Å². The van der Waals surface area contributed by atoms with Crippen LogP contribution in [0.3, 0.4) is 0 Å². The monoisotopic (exact) mass is 322 g/mol. The predicted octanol–water partition coefficient (Wildman–Crippen LogP) is -0.200. The minimum atomic E-state index is -3.76. The zero-order chi connectivity index (χ0) is 15.2. The van der Waals surface area contributed by atoms with E-state index in [0.717, 1.165) is 13.3 Å². The van der Waals surface area contributed by atoms with Crippen molar-refractivity contribution in [2.75, 3.05) is 17.6 Å². The molecule has 20 heavy (non-hydrogen) atoms. The highest BCUT2D eigenvalue weighted by Crippen LogP contribution is 2.27. The van der Waals surface area contributed by atoms with Crippen LogP contribution >= 0.6 is 11.6 Å². The summed E-state index contributed by atoms with van der Waals surface area (Å²) in [6.45, 7) is 0. The molecule has 0 saturated carbocycles. The van der Waals surface area contributed by atoms with Crippen molar-refractivity contribution in [1.82, 2.24) is 15.0 Å². The van der Waals surface area contributed by atoms with E-state index in [0.29, 0.717) is 4.31 Å². The first-order valence-corrected chi connectivity index (χ1v) is 7.30. The summed E-state index contributed by atoms with van der Waals surface area (Å²) in [6.07, 6.45) is 0.873. The molecule has 0 fully saturated rings. The van der Waals surface area contributed by atoms with Crippen LogP contribution in [0.25, 0.3) is 10.9 Å². The van der Waals surface area contributed by atoms with E-state index in [9.17, 15) is 22.4 Å². The average molecular weight is 323 g/mol. The number of fused-ring (bicyclic) bond motifs is 1. The molecule has 0 spiro atoms. The van der Waals surface area contributed by atoms with Gasteiger partial charge in [-0.1, -0.05) is 11.6 Å². The number of nitrogens with one attached hydrogen (secondary N) is 2. The lowest BCUT2D eigenvalue weighted by atomic mass is 10.3. The van der Waals surface area contributed by atoms with Crippen LogP contribution < -0.4 is 15.6 Å². The van der Waals surface area contributed by atoms with Crippen LogP contribution in [0.5, 0.6) is 0 Å². The molecular weight excluding hydrogens is 315 g/mol. The Hall–Kier alpha value is -1.94. The number of rotatable bonds is 2. The van der Waals surface area contributed by atoms with Gasteiger partial charge < -0.3 is 4.98 Å². The Morgan fingerprint density at radius 1 is 1.30 bits per heavy atom. The molecule has 2 N–H and O–H groups in total. The maximum atomic E-state index is 13.8. The molecule has 0 bridgehead atoms. The van der Waals surface area contributed by atoms with Crippen molar-refractivity contribution in [2.24, 2.45) is 0 Å². The molecular formula is C9H8ClFN4O4S. The van der Waals surface area contributed by atoms with Crippen molar-refractivity contribution in [3.63, 3.8) is 0 Å². The molecule has 2 aromatic rings. The molecule has 108 valence electrons. The van der Waals surface area contributed by atoms with Crippen LogP contribution in [0, 0.1) is 5.82 Å². The molecule has 0 aliphatic rings. The maximum Gasteiger partial charge on any atom is 0.326 e. The fourth-order valence-electron chi connectivity index (χ4n) is 1.55. The SMILES string of the molecule is CN(c1nc(Cl)c(F)c2[nH]c(=O)[nH]c(=O)c12)S(C)(=O)=O. The van der Waals surface area contributed by atoms with Crippen LogP contribution in [-0.2, 0) is 10.0 Å². The number of aromatic nitrogens is 3. The van der Waals surface area contributed by atoms with Gasteiger partial charge in [-0.15, -0.1) is 0 Å².